The summed E-state index contributed by atoms with van der Waals surface area (Å²) in [5.41, 5.74) is 0.815. The minimum absolute atomic E-state index is 0.115. The molecule has 4 rings (SSSR count). The normalized spacial score (nSPS) is 49.2. The highest BCUT2D eigenvalue weighted by Gasteiger charge is 2.61. The predicted molar refractivity (Wildman–Crippen MR) is 124 cm³/mol. The van der Waals surface area contributed by atoms with Crippen LogP contribution in [0.5, 0.6) is 0 Å². The fraction of sp³-hybridized carbons (Fsp3) is 0.964. The zero-order valence-corrected chi connectivity index (χ0v) is 20.4. The Kier molecular flexibility index (Phi) is 6.48. The van der Waals surface area contributed by atoms with Crippen LogP contribution < -0.4 is 0 Å². The van der Waals surface area contributed by atoms with E-state index in [1.165, 1.54) is 57.8 Å². The zero-order valence-electron chi connectivity index (χ0n) is 20.4. The minimum Gasteiger partial charge on any atom is -0.392 e. The number of hydrogen-bond donors (Lipinski definition) is 1. The van der Waals surface area contributed by atoms with Crippen molar-refractivity contribution in [2.75, 3.05) is 0 Å². The highest BCUT2D eigenvalue weighted by molar-refractivity contribution is 5.56. The number of carbonyl (C=O) groups excluding carboxylic acids is 1. The molecular formula is C28H48O2. The lowest BCUT2D eigenvalue weighted by atomic mass is 9.43. The van der Waals surface area contributed by atoms with Crippen LogP contribution in [-0.2, 0) is 4.79 Å². The van der Waals surface area contributed by atoms with Crippen molar-refractivity contribution in [1.29, 1.82) is 0 Å². The Labute approximate surface area is 186 Å². The molecule has 0 unspecified atom stereocenters. The molecule has 0 heterocycles. The van der Waals surface area contributed by atoms with E-state index in [-0.39, 0.29) is 11.3 Å². The molecule has 2 nitrogen and oxygen atoms in total. The molecule has 0 aliphatic heterocycles. The topological polar surface area (TPSA) is 37.3 Å². The highest BCUT2D eigenvalue weighted by atomic mass is 16.3. The highest BCUT2D eigenvalue weighted by Crippen LogP contribution is 2.68. The second kappa shape index (κ2) is 8.53. The molecule has 0 aromatic carbocycles. The van der Waals surface area contributed by atoms with Crippen molar-refractivity contribution in [1.82, 2.24) is 0 Å². The second-order valence-corrected chi connectivity index (χ2v) is 12.9. The van der Waals surface area contributed by atoms with Crippen molar-refractivity contribution in [2.45, 2.75) is 111 Å². The molecule has 0 amide bonds. The van der Waals surface area contributed by atoms with Gasteiger partial charge in [0.05, 0.1) is 6.10 Å². The average molecular weight is 417 g/mol. The van der Waals surface area contributed by atoms with Gasteiger partial charge in [-0.15, -0.1) is 0 Å². The minimum atomic E-state index is -0.395. The first-order valence-corrected chi connectivity index (χ1v) is 13.4. The van der Waals surface area contributed by atoms with Crippen molar-refractivity contribution >= 4 is 6.29 Å². The van der Waals surface area contributed by atoms with Gasteiger partial charge in [0.25, 0.3) is 0 Å². The van der Waals surface area contributed by atoms with E-state index in [0.29, 0.717) is 11.3 Å². The third kappa shape index (κ3) is 3.61. The van der Waals surface area contributed by atoms with Crippen LogP contribution in [0.1, 0.15) is 105 Å². The molecule has 2 heteroatoms. The first-order chi connectivity index (χ1) is 14.2. The molecule has 10 atom stereocenters. The average Bonchev–Trinajstić information content (AvgIpc) is 3.05. The van der Waals surface area contributed by atoms with Crippen LogP contribution in [0.4, 0.5) is 0 Å². The summed E-state index contributed by atoms with van der Waals surface area (Å²) < 4.78 is 0. The van der Waals surface area contributed by atoms with E-state index in [9.17, 15) is 9.90 Å². The molecule has 0 radical (unpaired) electrons. The molecule has 4 aliphatic rings. The fourth-order valence-electron chi connectivity index (χ4n) is 9.62. The number of fused-ring (bicyclic) bond motifs is 5. The Hall–Kier alpha value is -0.370. The Morgan fingerprint density at radius 1 is 0.867 bits per heavy atom. The van der Waals surface area contributed by atoms with Crippen molar-refractivity contribution < 1.29 is 9.90 Å². The third-order valence-corrected chi connectivity index (χ3v) is 11.2. The van der Waals surface area contributed by atoms with Gasteiger partial charge in [0.15, 0.2) is 0 Å². The van der Waals surface area contributed by atoms with Crippen LogP contribution in [0.3, 0.4) is 0 Å². The van der Waals surface area contributed by atoms with Crippen LogP contribution in [-0.4, -0.2) is 17.5 Å². The maximum Gasteiger partial charge on any atom is 0.125 e. The van der Waals surface area contributed by atoms with Gasteiger partial charge in [0.2, 0.25) is 0 Å². The van der Waals surface area contributed by atoms with Crippen molar-refractivity contribution in [3.63, 3.8) is 0 Å². The van der Waals surface area contributed by atoms with Gasteiger partial charge < -0.3 is 9.90 Å². The molecule has 0 aromatic rings. The summed E-state index contributed by atoms with van der Waals surface area (Å²) in [4.78, 5) is 11.8. The third-order valence-electron chi connectivity index (χ3n) is 11.2. The fourth-order valence-corrected chi connectivity index (χ4v) is 9.62. The molecule has 30 heavy (non-hydrogen) atoms. The SMILES string of the molecule is CC(C)CCC[C@@H](C)[C@H]1CC[C@H]2[C@@H]3CC[C@H]4[C@H](C=O)[C@@H](O)CC[C@]4(C)[C@H]3CC[C@]12C. The van der Waals surface area contributed by atoms with E-state index in [1.807, 2.05) is 0 Å². The van der Waals surface area contributed by atoms with Crippen molar-refractivity contribution in [3.8, 4) is 0 Å². The van der Waals surface area contributed by atoms with E-state index in [0.717, 1.165) is 54.6 Å². The van der Waals surface area contributed by atoms with Crippen LogP contribution in [0.25, 0.3) is 0 Å². The van der Waals surface area contributed by atoms with Crippen LogP contribution in [0.15, 0.2) is 0 Å². The summed E-state index contributed by atoms with van der Waals surface area (Å²) in [6, 6.07) is 0. The summed E-state index contributed by atoms with van der Waals surface area (Å²) in [5.74, 6) is 5.45. The van der Waals surface area contributed by atoms with Gasteiger partial charge in [-0.25, -0.2) is 0 Å². The molecular weight excluding hydrogens is 368 g/mol. The summed E-state index contributed by atoms with van der Waals surface area (Å²) in [6.07, 6.45) is 15.0. The number of carbonyl (C=O) groups is 1. The molecule has 0 saturated heterocycles. The number of hydrogen-bond acceptors (Lipinski definition) is 2. The quantitative estimate of drug-likeness (QED) is 0.478. The maximum absolute atomic E-state index is 11.8. The van der Waals surface area contributed by atoms with Gasteiger partial charge in [-0.3, -0.25) is 0 Å². The smallest absolute Gasteiger partial charge is 0.125 e. The molecule has 0 spiro atoms. The first-order valence-electron chi connectivity index (χ1n) is 13.4. The second-order valence-electron chi connectivity index (χ2n) is 12.9. The summed E-state index contributed by atoms with van der Waals surface area (Å²) >= 11 is 0. The number of aliphatic hydroxyl groups is 1. The molecule has 1 N–H and O–H groups in total. The summed E-state index contributed by atoms with van der Waals surface area (Å²) in [7, 11) is 0. The van der Waals surface area contributed by atoms with Crippen LogP contribution in [0, 0.1) is 58.2 Å². The standard InChI is InChI=1S/C28H48O2/c1-18(2)7-6-8-19(3)22-11-12-23-20-9-10-24-21(17-29)26(30)14-16-28(24,5)25(20)13-15-27(22,23)4/h17-26,30H,6-16H2,1-5H3/t19-,20+,21+,22-,23+,24+,25+,26+,27-,28+/m1/s1. The van der Waals surface area contributed by atoms with Gasteiger partial charge in [-0.05, 0) is 104 Å². The zero-order chi connectivity index (χ0) is 21.7. The van der Waals surface area contributed by atoms with Gasteiger partial charge >= 0.3 is 0 Å². The Balaban J connectivity index is 1.49. The Bertz CT molecular complexity index is 614. The largest absolute Gasteiger partial charge is 0.392 e. The van der Waals surface area contributed by atoms with Gasteiger partial charge in [-0.1, -0.05) is 53.9 Å². The Morgan fingerprint density at radius 2 is 1.53 bits per heavy atom. The van der Waals surface area contributed by atoms with Crippen LogP contribution in [0.2, 0.25) is 0 Å². The number of aliphatic hydroxyl groups excluding tert-OH is 1. The molecule has 0 bridgehead atoms. The van der Waals surface area contributed by atoms with Crippen molar-refractivity contribution in [2.24, 2.45) is 58.2 Å². The molecule has 4 aliphatic carbocycles. The lowest BCUT2D eigenvalue weighted by Gasteiger charge is -2.62. The van der Waals surface area contributed by atoms with E-state index in [2.05, 4.69) is 34.6 Å². The monoisotopic (exact) mass is 416 g/mol. The van der Waals surface area contributed by atoms with Gasteiger partial charge in [0, 0.05) is 5.92 Å². The lowest BCUT2D eigenvalue weighted by Crippen LogP contribution is -2.57. The van der Waals surface area contributed by atoms with E-state index < -0.39 is 6.10 Å². The van der Waals surface area contributed by atoms with E-state index in [4.69, 9.17) is 0 Å². The summed E-state index contributed by atoms with van der Waals surface area (Å²) in [6.45, 7) is 12.4. The van der Waals surface area contributed by atoms with Gasteiger partial charge in [0.1, 0.15) is 6.29 Å². The maximum atomic E-state index is 11.8. The lowest BCUT2D eigenvalue weighted by molar-refractivity contribution is -0.157. The van der Waals surface area contributed by atoms with Crippen LogP contribution >= 0.6 is 0 Å². The molecule has 4 fully saturated rings. The molecule has 0 aromatic heterocycles. The number of rotatable bonds is 6. The van der Waals surface area contributed by atoms with E-state index >= 15 is 0 Å². The predicted octanol–water partition coefficient (Wildman–Crippen LogP) is 6.89. The molecule has 172 valence electrons. The first kappa shape index (κ1) is 22.8. The number of aldehydes is 1. The van der Waals surface area contributed by atoms with Crippen molar-refractivity contribution in [3.05, 3.63) is 0 Å². The molecule has 4 saturated carbocycles. The van der Waals surface area contributed by atoms with E-state index in [1.54, 1.807) is 0 Å². The summed E-state index contributed by atoms with van der Waals surface area (Å²) in [5, 5.41) is 10.5. The Morgan fingerprint density at radius 3 is 2.23 bits per heavy atom. The van der Waals surface area contributed by atoms with Gasteiger partial charge in [-0.2, -0.15) is 0 Å².